The summed E-state index contributed by atoms with van der Waals surface area (Å²) in [6.45, 7) is 4.08. The Hall–Kier alpha value is -5.67. The summed E-state index contributed by atoms with van der Waals surface area (Å²) in [5.41, 5.74) is 0. The maximum atomic E-state index is 12.8. The molecule has 0 aliphatic heterocycles. The molecule has 0 aliphatic carbocycles. The molecule has 1 N–H and O–H groups in total. The third kappa shape index (κ3) is 67.5. The van der Waals surface area contributed by atoms with Gasteiger partial charge in [-0.3, -0.25) is 18.6 Å². The maximum absolute atomic E-state index is 12.8. The van der Waals surface area contributed by atoms with E-state index in [1.165, 1.54) is 0 Å². The second kappa shape index (κ2) is 63.8. The third-order valence-corrected chi connectivity index (χ3v) is 13.5. The number of quaternary nitrogens is 1. The molecule has 10 heteroatoms. The number of nitrogens with zero attached hydrogens (tertiary/aromatic N) is 1. The van der Waals surface area contributed by atoms with Crippen LogP contribution in [0.2, 0.25) is 0 Å². The molecule has 0 heterocycles. The molecule has 2 unspecified atom stereocenters. The number of rotatable bonds is 56. The van der Waals surface area contributed by atoms with Crippen LogP contribution < -0.4 is 0 Å². The number of carbonyl (C=O) groups is 2. The fraction of sp³-hybridized carbons (Fsp3) is 0.500. The molecular weight excluding hydrogens is 1090 g/mol. The minimum Gasteiger partial charge on any atom is -0.462 e. The normalized spacial score (nSPS) is 14.6. The van der Waals surface area contributed by atoms with E-state index in [1.807, 2.05) is 21.1 Å². The zero-order valence-corrected chi connectivity index (χ0v) is 55.1. The molecule has 0 radical (unpaired) electrons. The van der Waals surface area contributed by atoms with Crippen LogP contribution in [0.3, 0.4) is 0 Å². The first kappa shape index (κ1) is 80.3. The first-order valence-corrected chi connectivity index (χ1v) is 34.0. The van der Waals surface area contributed by atoms with Crippen molar-refractivity contribution in [1.82, 2.24) is 0 Å². The Bertz CT molecular complexity index is 2250. The minimum atomic E-state index is -4.43. The predicted molar refractivity (Wildman–Crippen MR) is 371 cm³/mol. The zero-order chi connectivity index (χ0) is 62.6. The van der Waals surface area contributed by atoms with Crippen LogP contribution in [0.25, 0.3) is 0 Å². The summed E-state index contributed by atoms with van der Waals surface area (Å²) in [5, 5.41) is 0. The monoisotopic (exact) mass is 1200 g/mol. The lowest BCUT2D eigenvalue weighted by molar-refractivity contribution is -0.870. The molecule has 86 heavy (non-hydrogen) atoms. The van der Waals surface area contributed by atoms with Crippen LogP contribution in [0.1, 0.15) is 194 Å². The van der Waals surface area contributed by atoms with Crippen LogP contribution in [0, 0.1) is 0 Å². The first-order chi connectivity index (χ1) is 42.0. The van der Waals surface area contributed by atoms with Gasteiger partial charge in [-0.05, 0) is 154 Å². The quantitative estimate of drug-likeness (QED) is 0.0211. The van der Waals surface area contributed by atoms with Crippen molar-refractivity contribution in [3.05, 3.63) is 219 Å². The Morgan fingerprint density at radius 2 is 0.628 bits per heavy atom. The predicted octanol–water partition coefficient (Wildman–Crippen LogP) is 21.3. The maximum Gasteiger partial charge on any atom is 0.472 e. The molecular formula is C76H117NO8P+. The first-order valence-electron chi connectivity index (χ1n) is 32.5. The topological polar surface area (TPSA) is 108 Å². The van der Waals surface area contributed by atoms with Crippen molar-refractivity contribution < 1.29 is 42.1 Å². The van der Waals surface area contributed by atoms with Gasteiger partial charge < -0.3 is 18.9 Å². The smallest absolute Gasteiger partial charge is 0.462 e. The van der Waals surface area contributed by atoms with Gasteiger partial charge >= 0.3 is 19.8 Å². The number of phosphoric acid groups is 1. The Kier molecular flexibility index (Phi) is 59.6. The highest BCUT2D eigenvalue weighted by Crippen LogP contribution is 2.43. The lowest BCUT2D eigenvalue weighted by atomic mass is 10.1. The van der Waals surface area contributed by atoms with Crippen molar-refractivity contribution in [2.24, 2.45) is 0 Å². The number of phosphoric ester groups is 1. The van der Waals surface area contributed by atoms with Crippen LogP contribution in [0.4, 0.5) is 0 Å². The van der Waals surface area contributed by atoms with Gasteiger partial charge in [0.05, 0.1) is 27.7 Å². The van der Waals surface area contributed by atoms with E-state index in [9.17, 15) is 19.0 Å². The van der Waals surface area contributed by atoms with Crippen LogP contribution in [-0.2, 0) is 32.7 Å². The Morgan fingerprint density at radius 3 is 0.942 bits per heavy atom. The van der Waals surface area contributed by atoms with E-state index in [0.29, 0.717) is 23.9 Å². The molecule has 0 saturated carbocycles. The fourth-order valence-electron chi connectivity index (χ4n) is 7.59. The van der Waals surface area contributed by atoms with E-state index in [-0.39, 0.29) is 26.1 Å². The van der Waals surface area contributed by atoms with Crippen molar-refractivity contribution >= 4 is 19.8 Å². The van der Waals surface area contributed by atoms with Crippen LogP contribution in [-0.4, -0.2) is 74.9 Å². The van der Waals surface area contributed by atoms with Gasteiger partial charge in [0.1, 0.15) is 19.8 Å². The third-order valence-electron chi connectivity index (χ3n) is 12.5. The molecule has 0 aliphatic rings. The number of likely N-dealkylation sites (N-methyl/N-ethyl adjacent to an activating group) is 1. The number of carbonyl (C=O) groups excluding carboxylic acids is 2. The Morgan fingerprint density at radius 1 is 0.360 bits per heavy atom. The molecule has 0 fully saturated rings. The molecule has 0 aromatic carbocycles. The summed E-state index contributed by atoms with van der Waals surface area (Å²) in [6.07, 6.45) is 103. The molecule has 2 atom stereocenters. The number of hydrogen-bond acceptors (Lipinski definition) is 7. The largest absolute Gasteiger partial charge is 0.472 e. The van der Waals surface area contributed by atoms with Crippen molar-refractivity contribution in [2.45, 2.75) is 200 Å². The molecule has 0 rings (SSSR count). The Balaban J connectivity index is 4.31. The standard InChI is InChI=1S/C76H116NO8P/c1-6-8-10-12-14-16-18-20-22-24-26-28-30-31-32-33-34-35-36-37-38-39-40-41-42-43-44-45-47-49-51-53-55-57-59-61-63-65-67-69-76(79)85-74(73-84-86(80,81)83-71-70-77(3,4)5)72-82-75(78)68-66-64-62-60-58-56-54-52-50-48-46-29-27-25-23-21-19-17-15-13-11-9-7-2/h8-11,14-17,20-23,26-29,31-32,34-35,37-38,40-41,43-44,47-50,53-56,59,61,74H,6-7,12-13,18-19,24-25,30,33,36,39,42,45-46,51-52,57-58,60,62-73H2,1-5H3/p+1/b10-8-,11-9-,16-14-,17-15-,22-20-,23-21-,28-26-,29-27-,32-31-,35-34-,38-37-,41-40-,44-43-,49-47-,50-48-,55-53-,56-54-,61-59-. The van der Waals surface area contributed by atoms with Crippen LogP contribution in [0.15, 0.2) is 219 Å². The SMILES string of the molecule is CC/C=C\C/C=C\C/C=C\C/C=C\C/C=C\C/C=C\C/C=C\C/C=C\C/C=C\C/C=C\C/C=C\C/C=C\CCCCC(=O)OC(COC(=O)CCCCCC/C=C\C/C=C\C/C=C\C/C=C\C/C=C\C/C=C\CC)COP(=O)(O)OCC[N+](C)(C)C. The van der Waals surface area contributed by atoms with Gasteiger partial charge in [-0.25, -0.2) is 4.57 Å². The van der Waals surface area contributed by atoms with E-state index in [4.69, 9.17) is 18.5 Å². The summed E-state index contributed by atoms with van der Waals surface area (Å²) in [4.78, 5) is 35.8. The summed E-state index contributed by atoms with van der Waals surface area (Å²) in [6, 6.07) is 0. The lowest BCUT2D eigenvalue weighted by Gasteiger charge is -2.24. The highest BCUT2D eigenvalue weighted by atomic mass is 31.2. The zero-order valence-electron chi connectivity index (χ0n) is 54.2. The van der Waals surface area contributed by atoms with Gasteiger partial charge in [-0.1, -0.05) is 245 Å². The second-order valence-electron chi connectivity index (χ2n) is 21.7. The lowest BCUT2D eigenvalue weighted by Crippen LogP contribution is -2.37. The molecule has 0 aromatic rings. The van der Waals surface area contributed by atoms with Crippen molar-refractivity contribution in [3.8, 4) is 0 Å². The molecule has 0 aromatic heterocycles. The van der Waals surface area contributed by atoms with Gasteiger partial charge in [-0.2, -0.15) is 0 Å². The molecule has 0 spiro atoms. The van der Waals surface area contributed by atoms with Gasteiger partial charge in [-0.15, -0.1) is 0 Å². The number of allylic oxidation sites excluding steroid dienone is 36. The molecule has 0 bridgehead atoms. The van der Waals surface area contributed by atoms with Gasteiger partial charge in [0.25, 0.3) is 0 Å². The van der Waals surface area contributed by atoms with E-state index in [1.54, 1.807) is 0 Å². The summed E-state index contributed by atoms with van der Waals surface area (Å²) >= 11 is 0. The van der Waals surface area contributed by atoms with Crippen LogP contribution in [0.5, 0.6) is 0 Å². The number of esters is 2. The minimum absolute atomic E-state index is 0.00495. The molecule has 478 valence electrons. The van der Waals surface area contributed by atoms with E-state index in [2.05, 4.69) is 233 Å². The molecule has 9 nitrogen and oxygen atoms in total. The van der Waals surface area contributed by atoms with Gasteiger partial charge in [0.15, 0.2) is 6.10 Å². The van der Waals surface area contributed by atoms with E-state index < -0.39 is 32.5 Å². The fourth-order valence-corrected chi connectivity index (χ4v) is 8.33. The van der Waals surface area contributed by atoms with E-state index in [0.717, 1.165) is 154 Å². The number of unbranched alkanes of at least 4 members (excludes halogenated alkanes) is 6. The summed E-state index contributed by atoms with van der Waals surface area (Å²) in [7, 11) is 1.39. The van der Waals surface area contributed by atoms with Crippen LogP contribution >= 0.6 is 7.82 Å². The van der Waals surface area contributed by atoms with Gasteiger partial charge in [0, 0.05) is 12.8 Å². The number of hydrogen-bond donors (Lipinski definition) is 1. The van der Waals surface area contributed by atoms with Crippen molar-refractivity contribution in [3.63, 3.8) is 0 Å². The van der Waals surface area contributed by atoms with Crippen molar-refractivity contribution in [2.75, 3.05) is 47.5 Å². The van der Waals surface area contributed by atoms with Gasteiger partial charge in [0.2, 0.25) is 0 Å². The summed E-state index contributed by atoms with van der Waals surface area (Å²) in [5.74, 6) is -0.900. The van der Waals surface area contributed by atoms with Crippen molar-refractivity contribution in [1.29, 1.82) is 0 Å². The van der Waals surface area contributed by atoms with E-state index >= 15 is 0 Å². The number of ether oxygens (including phenoxy) is 2. The molecule has 0 saturated heterocycles. The second-order valence-corrected chi connectivity index (χ2v) is 23.1. The molecule has 0 amide bonds. The summed E-state index contributed by atoms with van der Waals surface area (Å²) < 4.78 is 34.5. The average molecular weight is 1200 g/mol. The highest BCUT2D eigenvalue weighted by Gasteiger charge is 2.27. The Labute approximate surface area is 525 Å². The highest BCUT2D eigenvalue weighted by molar-refractivity contribution is 7.47. The average Bonchev–Trinajstić information content (AvgIpc) is 3.56.